The Hall–Kier alpha value is -5.04. The average Bonchev–Trinajstić information content (AvgIpc) is 3.31. The van der Waals surface area contributed by atoms with Crippen LogP contribution in [0, 0.1) is 29.3 Å². The second-order valence-electron chi connectivity index (χ2n) is 9.04. The highest BCUT2D eigenvalue weighted by molar-refractivity contribution is 5.96. The van der Waals surface area contributed by atoms with Crippen LogP contribution in [0.15, 0.2) is 78.9 Å². The van der Waals surface area contributed by atoms with Gasteiger partial charge in [-0.3, -0.25) is 9.48 Å². The molecular weight excluding hydrogens is 544 g/mol. The van der Waals surface area contributed by atoms with Gasteiger partial charge in [-0.1, -0.05) is 42.2 Å². The SMILES string of the molecule is CNC(=O)c1cccc(C#Cc2cccc(-c3c4cccc(C(F)(F)F)c4nn3Cc3c(F)cc(F)cc3F)c2)c1. The molecule has 0 bridgehead atoms. The van der Waals surface area contributed by atoms with Gasteiger partial charge in [0.05, 0.1) is 17.8 Å². The molecule has 1 aromatic heterocycles. The summed E-state index contributed by atoms with van der Waals surface area (Å²) in [6.45, 7) is -0.596. The lowest BCUT2D eigenvalue weighted by atomic mass is 10.0. The van der Waals surface area contributed by atoms with Crippen LogP contribution < -0.4 is 5.32 Å². The fourth-order valence-corrected chi connectivity index (χ4v) is 4.44. The fraction of sp³-hybridized carbons (Fsp3) is 0.0968. The maximum Gasteiger partial charge on any atom is 0.418 e. The first-order valence-corrected chi connectivity index (χ1v) is 12.2. The summed E-state index contributed by atoms with van der Waals surface area (Å²) in [7, 11) is 1.51. The number of nitrogens with zero attached hydrogens (tertiary/aromatic N) is 2. The molecule has 0 spiro atoms. The van der Waals surface area contributed by atoms with Crippen LogP contribution in [0.25, 0.3) is 22.2 Å². The molecule has 0 saturated heterocycles. The number of amides is 1. The number of halogens is 6. The molecule has 0 aliphatic rings. The highest BCUT2D eigenvalue weighted by Gasteiger charge is 2.34. The normalized spacial score (nSPS) is 11.3. The van der Waals surface area contributed by atoms with Crippen LogP contribution >= 0.6 is 0 Å². The summed E-state index contributed by atoms with van der Waals surface area (Å²) in [6.07, 6.45) is -4.74. The number of rotatable bonds is 4. The minimum atomic E-state index is -4.74. The van der Waals surface area contributed by atoms with Gasteiger partial charge in [-0.05, 0) is 36.4 Å². The van der Waals surface area contributed by atoms with Crippen molar-refractivity contribution in [3.05, 3.63) is 124 Å². The van der Waals surface area contributed by atoms with Crippen molar-refractivity contribution in [1.29, 1.82) is 0 Å². The lowest BCUT2D eigenvalue weighted by Gasteiger charge is -2.11. The first kappa shape index (κ1) is 27.5. The van der Waals surface area contributed by atoms with E-state index in [-0.39, 0.29) is 17.0 Å². The van der Waals surface area contributed by atoms with Crippen molar-refractivity contribution in [2.75, 3.05) is 7.05 Å². The zero-order valence-corrected chi connectivity index (χ0v) is 21.3. The smallest absolute Gasteiger partial charge is 0.355 e. The van der Waals surface area contributed by atoms with Crippen LogP contribution in [0.1, 0.15) is 32.6 Å². The van der Waals surface area contributed by atoms with E-state index < -0.39 is 46.8 Å². The summed E-state index contributed by atoms with van der Waals surface area (Å²) < 4.78 is 85.1. The second-order valence-corrected chi connectivity index (χ2v) is 9.04. The first-order valence-electron chi connectivity index (χ1n) is 12.2. The number of carbonyl (C=O) groups excluding carboxylic acids is 1. The summed E-state index contributed by atoms with van der Waals surface area (Å²) in [6, 6.07) is 17.7. The van der Waals surface area contributed by atoms with Gasteiger partial charge in [0.1, 0.15) is 23.0 Å². The van der Waals surface area contributed by atoms with E-state index >= 15 is 0 Å². The van der Waals surface area contributed by atoms with Gasteiger partial charge in [0.2, 0.25) is 0 Å². The number of fused-ring (bicyclic) bond motifs is 1. The predicted molar refractivity (Wildman–Crippen MR) is 141 cm³/mol. The Kier molecular flexibility index (Phi) is 7.28. The van der Waals surface area contributed by atoms with Gasteiger partial charge in [0, 0.05) is 52.4 Å². The number of nitrogens with one attached hydrogen (secondary N) is 1. The van der Waals surface area contributed by atoms with E-state index in [4.69, 9.17) is 0 Å². The number of benzene rings is 4. The third kappa shape index (κ3) is 5.65. The predicted octanol–water partition coefficient (Wildman–Crippen LogP) is 6.95. The zero-order chi connectivity index (χ0) is 29.3. The van der Waals surface area contributed by atoms with E-state index in [0.29, 0.717) is 34.4 Å². The number of alkyl halides is 3. The molecular formula is C31H19F6N3O. The Balaban J connectivity index is 1.64. The number of carbonyl (C=O) groups is 1. The minimum Gasteiger partial charge on any atom is -0.355 e. The van der Waals surface area contributed by atoms with Crippen molar-refractivity contribution in [2.45, 2.75) is 12.7 Å². The molecule has 5 aromatic rings. The molecule has 0 saturated carbocycles. The van der Waals surface area contributed by atoms with Crippen molar-refractivity contribution in [3.8, 4) is 23.1 Å². The van der Waals surface area contributed by atoms with E-state index in [9.17, 15) is 31.1 Å². The van der Waals surface area contributed by atoms with Crippen molar-refractivity contribution in [2.24, 2.45) is 0 Å². The Morgan fingerprint density at radius 3 is 2.17 bits per heavy atom. The van der Waals surface area contributed by atoms with Crippen molar-refractivity contribution in [1.82, 2.24) is 15.1 Å². The molecule has 5 rings (SSSR count). The molecule has 1 N–H and O–H groups in total. The third-order valence-corrected chi connectivity index (χ3v) is 6.33. The van der Waals surface area contributed by atoms with E-state index in [1.165, 1.54) is 19.2 Å². The van der Waals surface area contributed by atoms with Gasteiger partial charge < -0.3 is 5.32 Å². The second kappa shape index (κ2) is 10.8. The standard InChI is InChI=1S/C31H19F6N3O/c1-38-30(41)21-8-3-6-19(14-21)12-11-18-5-2-7-20(13-18)29-23-9-4-10-25(31(35,36)37)28(23)39-40(29)17-24-26(33)15-22(32)16-27(24)34/h2-10,13-16H,17H2,1H3,(H,38,41). The highest BCUT2D eigenvalue weighted by atomic mass is 19.4. The molecule has 41 heavy (non-hydrogen) atoms. The molecule has 10 heteroatoms. The maximum absolute atomic E-state index is 14.5. The molecule has 1 amide bonds. The molecule has 206 valence electrons. The summed E-state index contributed by atoms with van der Waals surface area (Å²) in [5.74, 6) is 2.15. The molecule has 4 aromatic carbocycles. The van der Waals surface area contributed by atoms with Crippen LogP contribution in [0.3, 0.4) is 0 Å². The van der Waals surface area contributed by atoms with Crippen LogP contribution in [0.2, 0.25) is 0 Å². The Morgan fingerprint density at radius 1 is 0.878 bits per heavy atom. The lowest BCUT2D eigenvalue weighted by molar-refractivity contribution is -0.136. The zero-order valence-electron chi connectivity index (χ0n) is 21.3. The fourth-order valence-electron chi connectivity index (χ4n) is 4.44. The number of hydrogen-bond donors (Lipinski definition) is 1. The first-order chi connectivity index (χ1) is 19.5. The maximum atomic E-state index is 14.5. The van der Waals surface area contributed by atoms with Gasteiger partial charge >= 0.3 is 6.18 Å². The summed E-state index contributed by atoms with van der Waals surface area (Å²) in [5.41, 5.74) is 0.0524. The Labute approximate surface area is 230 Å². The van der Waals surface area contributed by atoms with Crippen molar-refractivity contribution < 1.29 is 31.1 Å². The van der Waals surface area contributed by atoms with E-state index in [1.54, 1.807) is 48.5 Å². The van der Waals surface area contributed by atoms with Gasteiger partial charge in [0.15, 0.2) is 0 Å². The summed E-state index contributed by atoms with van der Waals surface area (Å²) in [4.78, 5) is 11.9. The topological polar surface area (TPSA) is 46.9 Å². The molecule has 0 fully saturated rings. The molecule has 0 atom stereocenters. The van der Waals surface area contributed by atoms with Crippen LogP contribution in [0.4, 0.5) is 26.3 Å². The van der Waals surface area contributed by atoms with Gasteiger partial charge in [0.25, 0.3) is 5.91 Å². The number of aromatic nitrogens is 2. The molecule has 0 unspecified atom stereocenters. The molecule has 0 aliphatic carbocycles. The third-order valence-electron chi connectivity index (χ3n) is 6.33. The molecule has 0 radical (unpaired) electrons. The van der Waals surface area contributed by atoms with Gasteiger partial charge in [-0.15, -0.1) is 0 Å². The highest BCUT2D eigenvalue weighted by Crippen LogP contribution is 2.38. The molecule has 0 aliphatic heterocycles. The van der Waals surface area contributed by atoms with Crippen LogP contribution in [-0.4, -0.2) is 22.7 Å². The van der Waals surface area contributed by atoms with E-state index in [2.05, 4.69) is 22.3 Å². The van der Waals surface area contributed by atoms with Crippen molar-refractivity contribution >= 4 is 16.8 Å². The van der Waals surface area contributed by atoms with Gasteiger partial charge in [-0.2, -0.15) is 18.3 Å². The Morgan fingerprint density at radius 2 is 1.51 bits per heavy atom. The summed E-state index contributed by atoms with van der Waals surface area (Å²) >= 11 is 0. The van der Waals surface area contributed by atoms with E-state index in [1.807, 2.05) is 0 Å². The van der Waals surface area contributed by atoms with Crippen LogP contribution in [0.5, 0.6) is 0 Å². The quantitative estimate of drug-likeness (QED) is 0.190. The van der Waals surface area contributed by atoms with Crippen molar-refractivity contribution in [3.63, 3.8) is 0 Å². The van der Waals surface area contributed by atoms with Crippen LogP contribution in [-0.2, 0) is 12.7 Å². The lowest BCUT2D eigenvalue weighted by Crippen LogP contribution is -2.17. The Bertz CT molecular complexity index is 1840. The monoisotopic (exact) mass is 563 g/mol. The van der Waals surface area contributed by atoms with E-state index in [0.717, 1.165) is 10.7 Å². The molecule has 1 heterocycles. The van der Waals surface area contributed by atoms with Gasteiger partial charge in [-0.25, -0.2) is 13.2 Å². The summed E-state index contributed by atoms with van der Waals surface area (Å²) in [5, 5.41) is 6.75. The largest absolute Gasteiger partial charge is 0.418 e. The molecule has 4 nitrogen and oxygen atoms in total. The number of hydrogen-bond acceptors (Lipinski definition) is 2. The minimum absolute atomic E-state index is 0.103. The average molecular weight is 564 g/mol.